The van der Waals surface area contributed by atoms with Gasteiger partial charge in [0.1, 0.15) is 5.82 Å². The Kier molecular flexibility index (Phi) is 5.07. The summed E-state index contributed by atoms with van der Waals surface area (Å²) in [5.41, 5.74) is -3.82. The van der Waals surface area contributed by atoms with E-state index in [9.17, 15) is 22.4 Å². The smallest absolute Gasteiger partial charge is 0.348 e. The van der Waals surface area contributed by atoms with Gasteiger partial charge in [-0.25, -0.2) is 4.39 Å². The Balaban J connectivity index is 1.97. The number of amides is 1. The van der Waals surface area contributed by atoms with Crippen LogP contribution < -0.4 is 5.32 Å². The summed E-state index contributed by atoms with van der Waals surface area (Å²) in [5.74, 6) is -0.911. The number of hydrogen-bond acceptors (Lipinski definition) is 2. The molecule has 0 atom stereocenters. The highest BCUT2D eigenvalue weighted by Gasteiger charge is 2.29. The third-order valence-corrected chi connectivity index (χ3v) is 3.49. The second-order valence-corrected chi connectivity index (χ2v) is 5.48. The summed E-state index contributed by atoms with van der Waals surface area (Å²) in [6, 6.07) is 11.0. The standard InChI is InChI=1S/C15H11F4NOS/c16-13-4-2-1-3-11(13)9-20-14(21)10-5-7-12(8-6-10)22-15(17,18)19/h1-8H,9H2,(H,20,21). The fourth-order valence-electron chi connectivity index (χ4n) is 1.73. The van der Waals surface area contributed by atoms with E-state index in [2.05, 4.69) is 5.32 Å². The SMILES string of the molecule is O=C(NCc1ccccc1F)c1ccc(SC(F)(F)F)cc1. The van der Waals surface area contributed by atoms with Crippen molar-refractivity contribution in [1.29, 1.82) is 0 Å². The molecule has 1 amide bonds. The Labute approximate surface area is 128 Å². The minimum atomic E-state index is -4.37. The molecule has 0 bridgehead atoms. The molecular weight excluding hydrogens is 318 g/mol. The number of carbonyl (C=O) groups is 1. The van der Waals surface area contributed by atoms with Crippen LogP contribution in [0.3, 0.4) is 0 Å². The van der Waals surface area contributed by atoms with Crippen molar-refractivity contribution in [2.75, 3.05) is 0 Å². The third kappa shape index (κ3) is 4.77. The number of thioether (sulfide) groups is 1. The maximum absolute atomic E-state index is 13.4. The number of halogens is 4. The molecule has 0 aliphatic carbocycles. The van der Waals surface area contributed by atoms with Gasteiger partial charge in [0.25, 0.3) is 5.91 Å². The van der Waals surface area contributed by atoms with Crippen molar-refractivity contribution in [3.8, 4) is 0 Å². The van der Waals surface area contributed by atoms with Crippen LogP contribution in [0.2, 0.25) is 0 Å². The van der Waals surface area contributed by atoms with E-state index in [-0.39, 0.29) is 28.8 Å². The molecule has 0 aromatic heterocycles. The predicted octanol–water partition coefficient (Wildman–Crippen LogP) is 4.37. The van der Waals surface area contributed by atoms with Gasteiger partial charge in [0.2, 0.25) is 0 Å². The van der Waals surface area contributed by atoms with Gasteiger partial charge in [0.05, 0.1) is 0 Å². The molecule has 2 aromatic carbocycles. The van der Waals surface area contributed by atoms with Gasteiger partial charge in [-0.15, -0.1) is 0 Å². The lowest BCUT2D eigenvalue weighted by Gasteiger charge is -2.08. The van der Waals surface area contributed by atoms with Crippen molar-refractivity contribution in [1.82, 2.24) is 5.32 Å². The molecule has 0 heterocycles. The maximum Gasteiger partial charge on any atom is 0.446 e. The Morgan fingerprint density at radius 1 is 1.05 bits per heavy atom. The Hall–Kier alpha value is -2.02. The van der Waals surface area contributed by atoms with E-state index in [0.29, 0.717) is 5.56 Å². The van der Waals surface area contributed by atoms with Crippen molar-refractivity contribution < 1.29 is 22.4 Å². The average molecular weight is 329 g/mol. The molecule has 0 saturated carbocycles. The molecule has 2 aromatic rings. The average Bonchev–Trinajstić information content (AvgIpc) is 2.45. The predicted molar refractivity (Wildman–Crippen MR) is 75.9 cm³/mol. The summed E-state index contributed by atoms with van der Waals surface area (Å²) in [7, 11) is 0. The van der Waals surface area contributed by atoms with Crippen LogP contribution in [0.4, 0.5) is 17.6 Å². The highest BCUT2D eigenvalue weighted by Crippen LogP contribution is 2.36. The van der Waals surface area contributed by atoms with E-state index in [1.165, 1.54) is 36.4 Å². The van der Waals surface area contributed by atoms with Crippen LogP contribution in [0, 0.1) is 5.82 Å². The molecule has 0 spiro atoms. The first-order valence-electron chi connectivity index (χ1n) is 6.22. The second kappa shape index (κ2) is 6.83. The van der Waals surface area contributed by atoms with Crippen molar-refractivity contribution in [3.05, 3.63) is 65.5 Å². The molecule has 0 fully saturated rings. The molecule has 116 valence electrons. The first-order chi connectivity index (χ1) is 10.3. The van der Waals surface area contributed by atoms with Gasteiger partial charge in [0, 0.05) is 22.6 Å². The van der Waals surface area contributed by atoms with E-state index >= 15 is 0 Å². The molecule has 0 aliphatic heterocycles. The lowest BCUT2D eigenvalue weighted by Crippen LogP contribution is -2.23. The van der Waals surface area contributed by atoms with E-state index in [0.717, 1.165) is 0 Å². The molecule has 0 radical (unpaired) electrons. The second-order valence-electron chi connectivity index (χ2n) is 4.35. The number of alkyl halides is 3. The fraction of sp³-hybridized carbons (Fsp3) is 0.133. The van der Waals surface area contributed by atoms with Crippen LogP contribution in [0.5, 0.6) is 0 Å². The van der Waals surface area contributed by atoms with Gasteiger partial charge >= 0.3 is 5.51 Å². The van der Waals surface area contributed by atoms with Crippen molar-refractivity contribution >= 4 is 17.7 Å². The topological polar surface area (TPSA) is 29.1 Å². The molecule has 7 heteroatoms. The molecule has 0 saturated heterocycles. The number of hydrogen-bond donors (Lipinski definition) is 1. The van der Waals surface area contributed by atoms with Crippen molar-refractivity contribution in [2.45, 2.75) is 16.9 Å². The molecule has 0 aliphatic rings. The summed E-state index contributed by atoms with van der Waals surface area (Å²) in [4.78, 5) is 11.9. The zero-order valence-corrected chi connectivity index (χ0v) is 12.0. The van der Waals surface area contributed by atoms with Crippen LogP contribution in [-0.2, 0) is 6.54 Å². The van der Waals surface area contributed by atoms with Crippen LogP contribution in [0.25, 0.3) is 0 Å². The van der Waals surface area contributed by atoms with Gasteiger partial charge in [-0.05, 0) is 42.1 Å². The minimum absolute atomic E-state index is 0.00171. The van der Waals surface area contributed by atoms with Gasteiger partial charge in [-0.2, -0.15) is 13.2 Å². The molecule has 22 heavy (non-hydrogen) atoms. The highest BCUT2D eigenvalue weighted by atomic mass is 32.2. The van der Waals surface area contributed by atoms with Gasteiger partial charge in [-0.3, -0.25) is 4.79 Å². The summed E-state index contributed by atoms with van der Waals surface area (Å²) >= 11 is -0.248. The van der Waals surface area contributed by atoms with Crippen molar-refractivity contribution in [2.24, 2.45) is 0 Å². The molecule has 2 nitrogen and oxygen atoms in total. The van der Waals surface area contributed by atoms with E-state index in [1.807, 2.05) is 0 Å². The fourth-order valence-corrected chi connectivity index (χ4v) is 2.27. The van der Waals surface area contributed by atoms with Crippen LogP contribution in [-0.4, -0.2) is 11.4 Å². The van der Waals surface area contributed by atoms with Gasteiger partial charge in [0.15, 0.2) is 0 Å². The minimum Gasteiger partial charge on any atom is -0.348 e. The third-order valence-electron chi connectivity index (χ3n) is 2.75. The summed E-state index contributed by atoms with van der Waals surface area (Å²) in [6.45, 7) is 0.00452. The quantitative estimate of drug-likeness (QED) is 0.667. The molecule has 0 unspecified atom stereocenters. The number of rotatable bonds is 4. The van der Waals surface area contributed by atoms with Crippen LogP contribution in [0.1, 0.15) is 15.9 Å². The van der Waals surface area contributed by atoms with Crippen LogP contribution in [0.15, 0.2) is 53.4 Å². The summed E-state index contributed by atoms with van der Waals surface area (Å²) < 4.78 is 50.0. The molecule has 2 rings (SSSR count). The zero-order chi connectivity index (χ0) is 16.2. The normalized spacial score (nSPS) is 11.3. The van der Waals surface area contributed by atoms with E-state index in [1.54, 1.807) is 12.1 Å². The molecular formula is C15H11F4NOS. The van der Waals surface area contributed by atoms with Gasteiger partial charge in [-0.1, -0.05) is 18.2 Å². The highest BCUT2D eigenvalue weighted by molar-refractivity contribution is 8.00. The number of carbonyl (C=O) groups excluding carboxylic acids is 1. The van der Waals surface area contributed by atoms with E-state index in [4.69, 9.17) is 0 Å². The van der Waals surface area contributed by atoms with Gasteiger partial charge < -0.3 is 5.32 Å². The Morgan fingerprint density at radius 3 is 2.27 bits per heavy atom. The largest absolute Gasteiger partial charge is 0.446 e. The van der Waals surface area contributed by atoms with Crippen molar-refractivity contribution in [3.63, 3.8) is 0 Å². The maximum atomic E-state index is 13.4. The molecule has 1 N–H and O–H groups in total. The summed E-state index contributed by atoms with van der Waals surface area (Å²) in [6.07, 6.45) is 0. The number of nitrogens with one attached hydrogen (secondary N) is 1. The summed E-state index contributed by atoms with van der Waals surface area (Å²) in [5, 5.41) is 2.52. The lowest BCUT2D eigenvalue weighted by molar-refractivity contribution is -0.0328. The Morgan fingerprint density at radius 2 is 1.68 bits per heavy atom. The zero-order valence-electron chi connectivity index (χ0n) is 11.2. The van der Waals surface area contributed by atoms with Crippen LogP contribution >= 0.6 is 11.8 Å². The Bertz CT molecular complexity index is 655. The monoisotopic (exact) mass is 329 g/mol. The first kappa shape index (κ1) is 16.4. The number of benzene rings is 2. The first-order valence-corrected chi connectivity index (χ1v) is 7.04. The van der Waals surface area contributed by atoms with E-state index < -0.39 is 17.2 Å². The lowest BCUT2D eigenvalue weighted by atomic mass is 10.2.